The molecule has 0 aliphatic carbocycles. The number of hydrogen-bond donors (Lipinski definition) is 2. The van der Waals surface area contributed by atoms with E-state index in [-0.39, 0.29) is 17.6 Å². The zero-order valence-electron chi connectivity index (χ0n) is 13.9. The number of nitrogens with one attached hydrogen (secondary N) is 2. The molecule has 2 rings (SSSR count). The van der Waals surface area contributed by atoms with E-state index in [9.17, 15) is 9.59 Å². The number of carbonyl (C=O) groups excluding carboxylic acids is 2. The number of likely N-dealkylation sites (N-methyl/N-ethyl adjacent to an activating group) is 1. The summed E-state index contributed by atoms with van der Waals surface area (Å²) in [6, 6.07) is 3.41. The summed E-state index contributed by atoms with van der Waals surface area (Å²) in [6.45, 7) is 6.78. The minimum atomic E-state index is -0.552. The monoisotopic (exact) mass is 367 g/mol. The summed E-state index contributed by atoms with van der Waals surface area (Å²) in [7, 11) is 0. The standard InChI is InChI=1S/C15H21N5O2S2/c1-4-16-14(22)10(3)17-12(21)9-24-15-19-18-13(20(15)5-2)11-7-6-8-23-11/h6-8,10H,4-5,9H2,1-3H3,(H,16,22)(H,17,21)/t10-/m0/s1. The van der Waals surface area contributed by atoms with E-state index in [0.29, 0.717) is 11.7 Å². The van der Waals surface area contributed by atoms with E-state index in [1.54, 1.807) is 18.3 Å². The lowest BCUT2D eigenvalue weighted by atomic mass is 10.3. The Bertz CT molecular complexity index is 684. The van der Waals surface area contributed by atoms with E-state index in [2.05, 4.69) is 20.8 Å². The molecule has 2 amide bonds. The summed E-state index contributed by atoms with van der Waals surface area (Å²) in [4.78, 5) is 24.7. The molecule has 2 N–H and O–H groups in total. The molecule has 130 valence electrons. The van der Waals surface area contributed by atoms with E-state index < -0.39 is 6.04 Å². The Labute approximate surface area is 149 Å². The molecule has 0 fully saturated rings. The molecule has 0 saturated carbocycles. The van der Waals surface area contributed by atoms with Gasteiger partial charge in [0, 0.05) is 13.1 Å². The fourth-order valence-corrected chi connectivity index (χ4v) is 3.61. The molecule has 1 atom stereocenters. The molecule has 0 saturated heterocycles. The Hall–Kier alpha value is -1.87. The topological polar surface area (TPSA) is 88.9 Å². The van der Waals surface area contributed by atoms with Gasteiger partial charge in [0.15, 0.2) is 11.0 Å². The third kappa shape index (κ3) is 4.57. The molecule has 0 radical (unpaired) electrons. The first-order chi connectivity index (χ1) is 11.6. The molecule has 2 heterocycles. The van der Waals surface area contributed by atoms with Crippen LogP contribution in [-0.4, -0.2) is 44.9 Å². The summed E-state index contributed by atoms with van der Waals surface area (Å²) in [5.74, 6) is 0.604. The maximum atomic E-state index is 12.0. The lowest BCUT2D eigenvalue weighted by Crippen LogP contribution is -2.45. The number of aromatic nitrogens is 3. The van der Waals surface area contributed by atoms with Gasteiger partial charge in [0.05, 0.1) is 10.6 Å². The second kappa shape index (κ2) is 8.84. The lowest BCUT2D eigenvalue weighted by molar-refractivity contribution is -0.127. The second-order valence-corrected chi connectivity index (χ2v) is 6.89. The third-order valence-electron chi connectivity index (χ3n) is 3.23. The van der Waals surface area contributed by atoms with Crippen LogP contribution in [-0.2, 0) is 16.1 Å². The smallest absolute Gasteiger partial charge is 0.242 e. The summed E-state index contributed by atoms with van der Waals surface area (Å²) < 4.78 is 1.98. The first-order valence-corrected chi connectivity index (χ1v) is 9.60. The van der Waals surface area contributed by atoms with Crippen LogP contribution in [0.3, 0.4) is 0 Å². The molecule has 9 heteroatoms. The summed E-state index contributed by atoms with van der Waals surface area (Å²) in [5.41, 5.74) is 0. The van der Waals surface area contributed by atoms with Gasteiger partial charge in [-0.15, -0.1) is 21.5 Å². The van der Waals surface area contributed by atoms with Crippen molar-refractivity contribution in [3.8, 4) is 10.7 Å². The number of carbonyl (C=O) groups is 2. The Balaban J connectivity index is 1.95. The van der Waals surface area contributed by atoms with Crippen LogP contribution >= 0.6 is 23.1 Å². The maximum absolute atomic E-state index is 12.0. The van der Waals surface area contributed by atoms with Crippen LogP contribution in [0.2, 0.25) is 0 Å². The Morgan fingerprint density at radius 3 is 2.79 bits per heavy atom. The van der Waals surface area contributed by atoms with Crippen molar-refractivity contribution in [2.75, 3.05) is 12.3 Å². The molecule has 7 nitrogen and oxygen atoms in total. The zero-order chi connectivity index (χ0) is 17.5. The molecule has 0 aromatic carbocycles. The van der Waals surface area contributed by atoms with Crippen LogP contribution in [0.1, 0.15) is 20.8 Å². The van der Waals surface area contributed by atoms with E-state index in [1.807, 2.05) is 35.9 Å². The van der Waals surface area contributed by atoms with E-state index in [1.165, 1.54) is 11.8 Å². The molecule has 2 aromatic heterocycles. The summed E-state index contributed by atoms with van der Waals surface area (Å²) in [6.07, 6.45) is 0. The van der Waals surface area contributed by atoms with Gasteiger partial charge in [0.25, 0.3) is 0 Å². The third-order valence-corrected chi connectivity index (χ3v) is 5.06. The van der Waals surface area contributed by atoms with Crippen molar-refractivity contribution in [3.63, 3.8) is 0 Å². The summed E-state index contributed by atoms with van der Waals surface area (Å²) in [5, 5.41) is 16.5. The normalized spacial score (nSPS) is 12.0. The highest BCUT2D eigenvalue weighted by molar-refractivity contribution is 7.99. The highest BCUT2D eigenvalue weighted by Crippen LogP contribution is 2.26. The van der Waals surface area contributed by atoms with Crippen molar-refractivity contribution in [2.24, 2.45) is 0 Å². The quantitative estimate of drug-likeness (QED) is 0.694. The van der Waals surface area contributed by atoms with Crippen LogP contribution in [0.4, 0.5) is 0 Å². The van der Waals surface area contributed by atoms with Crippen LogP contribution in [0.5, 0.6) is 0 Å². The van der Waals surface area contributed by atoms with Crippen LogP contribution < -0.4 is 10.6 Å². The molecular formula is C15H21N5O2S2. The zero-order valence-corrected chi connectivity index (χ0v) is 15.5. The van der Waals surface area contributed by atoms with Gasteiger partial charge in [-0.25, -0.2) is 0 Å². The van der Waals surface area contributed by atoms with Gasteiger partial charge >= 0.3 is 0 Å². The first kappa shape index (κ1) is 18.5. The van der Waals surface area contributed by atoms with Gasteiger partial charge in [0.1, 0.15) is 6.04 Å². The number of thiophene rings is 1. The van der Waals surface area contributed by atoms with Crippen molar-refractivity contribution < 1.29 is 9.59 Å². The highest BCUT2D eigenvalue weighted by Gasteiger charge is 2.17. The largest absolute Gasteiger partial charge is 0.355 e. The number of rotatable bonds is 8. The summed E-state index contributed by atoms with van der Waals surface area (Å²) >= 11 is 2.92. The van der Waals surface area contributed by atoms with Gasteiger partial charge < -0.3 is 15.2 Å². The van der Waals surface area contributed by atoms with Crippen molar-refractivity contribution in [1.82, 2.24) is 25.4 Å². The predicted octanol–water partition coefficient (Wildman–Crippen LogP) is 1.76. The second-order valence-electron chi connectivity index (χ2n) is 5.00. The van der Waals surface area contributed by atoms with Gasteiger partial charge in [-0.05, 0) is 32.2 Å². The van der Waals surface area contributed by atoms with E-state index in [4.69, 9.17) is 0 Å². The van der Waals surface area contributed by atoms with Crippen molar-refractivity contribution in [3.05, 3.63) is 17.5 Å². The van der Waals surface area contributed by atoms with Gasteiger partial charge in [-0.3, -0.25) is 9.59 Å². The number of nitrogens with zero attached hydrogens (tertiary/aromatic N) is 3. The molecule has 24 heavy (non-hydrogen) atoms. The number of hydrogen-bond acceptors (Lipinski definition) is 6. The van der Waals surface area contributed by atoms with Crippen molar-refractivity contribution >= 4 is 34.9 Å². The van der Waals surface area contributed by atoms with Crippen LogP contribution in [0, 0.1) is 0 Å². The fourth-order valence-electron chi connectivity index (χ4n) is 2.07. The average Bonchev–Trinajstić information content (AvgIpc) is 3.21. The molecule has 0 unspecified atom stereocenters. The SMILES string of the molecule is CCNC(=O)[C@H](C)NC(=O)CSc1nnc(-c2cccs2)n1CC. The molecule has 2 aromatic rings. The lowest BCUT2D eigenvalue weighted by Gasteiger charge is -2.13. The van der Waals surface area contributed by atoms with Gasteiger partial charge in [0.2, 0.25) is 11.8 Å². The van der Waals surface area contributed by atoms with E-state index in [0.717, 1.165) is 17.2 Å². The minimum absolute atomic E-state index is 0.187. The molecule has 0 aliphatic heterocycles. The van der Waals surface area contributed by atoms with Crippen molar-refractivity contribution in [1.29, 1.82) is 0 Å². The van der Waals surface area contributed by atoms with Crippen LogP contribution in [0.25, 0.3) is 10.7 Å². The fraction of sp³-hybridized carbons (Fsp3) is 0.467. The highest BCUT2D eigenvalue weighted by atomic mass is 32.2. The van der Waals surface area contributed by atoms with Gasteiger partial charge in [-0.2, -0.15) is 0 Å². The predicted molar refractivity (Wildman–Crippen MR) is 96.0 cm³/mol. The Kier molecular flexibility index (Phi) is 6.80. The number of amides is 2. The average molecular weight is 368 g/mol. The Morgan fingerprint density at radius 2 is 2.17 bits per heavy atom. The molecular weight excluding hydrogens is 346 g/mol. The molecule has 0 bridgehead atoms. The Morgan fingerprint density at radius 1 is 1.38 bits per heavy atom. The maximum Gasteiger partial charge on any atom is 0.242 e. The van der Waals surface area contributed by atoms with Gasteiger partial charge in [-0.1, -0.05) is 17.8 Å². The van der Waals surface area contributed by atoms with E-state index >= 15 is 0 Å². The molecule has 0 spiro atoms. The molecule has 0 aliphatic rings. The van der Waals surface area contributed by atoms with Crippen LogP contribution in [0.15, 0.2) is 22.7 Å². The minimum Gasteiger partial charge on any atom is -0.355 e. The first-order valence-electron chi connectivity index (χ1n) is 7.73. The van der Waals surface area contributed by atoms with Crippen molar-refractivity contribution in [2.45, 2.75) is 38.5 Å². The number of thioether (sulfide) groups is 1.